The predicted molar refractivity (Wildman–Crippen MR) is 78.4 cm³/mol. The summed E-state index contributed by atoms with van der Waals surface area (Å²) in [6, 6.07) is 2.42. The molecule has 1 saturated heterocycles. The molecule has 1 aliphatic heterocycles. The van der Waals surface area contributed by atoms with E-state index in [4.69, 9.17) is 5.73 Å². The van der Waals surface area contributed by atoms with Crippen molar-refractivity contribution in [3.63, 3.8) is 0 Å². The van der Waals surface area contributed by atoms with Gasteiger partial charge in [0, 0.05) is 30.9 Å². The smallest absolute Gasteiger partial charge is 0.231 e. The lowest BCUT2D eigenvalue weighted by atomic mass is 10.1. The molecule has 3 N–H and O–H groups in total. The first-order valence-electron chi connectivity index (χ1n) is 7.18. The minimum atomic E-state index is -0.254. The Labute approximate surface area is 119 Å². The molecule has 1 aromatic rings. The van der Waals surface area contributed by atoms with Gasteiger partial charge in [0.1, 0.15) is 11.6 Å². The molecule has 1 fully saturated rings. The number of likely N-dealkylation sites (tertiary alicyclic amines) is 1. The molecule has 2 heterocycles. The van der Waals surface area contributed by atoms with E-state index in [-0.39, 0.29) is 5.91 Å². The van der Waals surface area contributed by atoms with Crippen LogP contribution in [0.3, 0.4) is 0 Å². The van der Waals surface area contributed by atoms with Crippen molar-refractivity contribution in [2.24, 2.45) is 5.73 Å². The molecule has 20 heavy (non-hydrogen) atoms. The summed E-state index contributed by atoms with van der Waals surface area (Å²) in [6.07, 6.45) is 2.91. The third-order valence-corrected chi connectivity index (χ3v) is 3.57. The summed E-state index contributed by atoms with van der Waals surface area (Å²) in [6.45, 7) is 6.16. The molecule has 0 aromatic carbocycles. The van der Waals surface area contributed by atoms with Crippen molar-refractivity contribution in [1.29, 1.82) is 0 Å². The summed E-state index contributed by atoms with van der Waals surface area (Å²) in [5.74, 6) is 1.45. The zero-order valence-corrected chi connectivity index (χ0v) is 12.2. The highest BCUT2D eigenvalue weighted by Gasteiger charge is 2.20. The number of nitrogens with zero attached hydrogens (tertiary/aromatic N) is 3. The van der Waals surface area contributed by atoms with E-state index < -0.39 is 0 Å². The van der Waals surface area contributed by atoms with Crippen molar-refractivity contribution in [1.82, 2.24) is 14.9 Å². The molecule has 1 aromatic heterocycles. The third-order valence-electron chi connectivity index (χ3n) is 3.57. The van der Waals surface area contributed by atoms with Crippen LogP contribution in [0.25, 0.3) is 0 Å². The second-order valence-corrected chi connectivity index (χ2v) is 5.31. The Morgan fingerprint density at radius 3 is 2.75 bits per heavy atom. The van der Waals surface area contributed by atoms with Gasteiger partial charge in [-0.1, -0.05) is 6.92 Å². The lowest BCUT2D eigenvalue weighted by Gasteiger charge is -2.31. The number of anilines is 1. The maximum absolute atomic E-state index is 10.9. The number of hydrogen-bond donors (Lipinski definition) is 2. The molecule has 0 spiro atoms. The maximum atomic E-state index is 10.9. The molecular formula is C14H23N5O. The van der Waals surface area contributed by atoms with Crippen molar-refractivity contribution in [2.45, 2.75) is 39.2 Å². The molecule has 1 amide bonds. The molecule has 6 nitrogen and oxygen atoms in total. The van der Waals surface area contributed by atoms with Gasteiger partial charge < -0.3 is 11.1 Å². The summed E-state index contributed by atoms with van der Waals surface area (Å²) in [5, 5.41) is 3.48. The van der Waals surface area contributed by atoms with Crippen LogP contribution < -0.4 is 11.1 Å². The average Bonchev–Trinajstić information content (AvgIpc) is 2.39. The van der Waals surface area contributed by atoms with E-state index in [1.807, 2.05) is 13.0 Å². The fourth-order valence-electron chi connectivity index (χ4n) is 2.55. The SMILES string of the molecule is CCc1cc(NC2CCN(CC(N)=O)CC2)nc(C)n1. The highest BCUT2D eigenvalue weighted by atomic mass is 16.1. The Morgan fingerprint density at radius 2 is 2.15 bits per heavy atom. The van der Waals surface area contributed by atoms with Gasteiger partial charge in [0.2, 0.25) is 5.91 Å². The van der Waals surface area contributed by atoms with Crippen LogP contribution in [0, 0.1) is 6.92 Å². The molecule has 6 heteroatoms. The minimum Gasteiger partial charge on any atom is -0.369 e. The fourth-order valence-corrected chi connectivity index (χ4v) is 2.55. The summed E-state index contributed by atoms with van der Waals surface area (Å²) >= 11 is 0. The Morgan fingerprint density at radius 1 is 1.45 bits per heavy atom. The van der Waals surface area contributed by atoms with Crippen LogP contribution >= 0.6 is 0 Å². The fraction of sp³-hybridized carbons (Fsp3) is 0.643. The number of primary amides is 1. The first-order chi connectivity index (χ1) is 9.56. The maximum Gasteiger partial charge on any atom is 0.231 e. The zero-order chi connectivity index (χ0) is 14.5. The Kier molecular flexibility index (Phi) is 4.89. The Hall–Kier alpha value is -1.69. The van der Waals surface area contributed by atoms with Crippen LogP contribution in [0.4, 0.5) is 5.82 Å². The molecular weight excluding hydrogens is 254 g/mol. The molecule has 110 valence electrons. The molecule has 0 bridgehead atoms. The van der Waals surface area contributed by atoms with Crippen LogP contribution in [0.15, 0.2) is 6.07 Å². The quantitative estimate of drug-likeness (QED) is 0.828. The largest absolute Gasteiger partial charge is 0.369 e. The lowest BCUT2D eigenvalue weighted by molar-refractivity contribution is -0.119. The van der Waals surface area contributed by atoms with Crippen molar-refractivity contribution in [2.75, 3.05) is 25.0 Å². The summed E-state index contributed by atoms with van der Waals surface area (Å²) in [7, 11) is 0. The van der Waals surface area contributed by atoms with Crippen LogP contribution in [0.5, 0.6) is 0 Å². The highest BCUT2D eigenvalue weighted by molar-refractivity contribution is 5.75. The van der Waals surface area contributed by atoms with E-state index in [9.17, 15) is 4.79 Å². The summed E-state index contributed by atoms with van der Waals surface area (Å²) in [4.78, 5) is 21.8. The third kappa shape index (κ3) is 4.16. The van der Waals surface area contributed by atoms with Gasteiger partial charge in [-0.15, -0.1) is 0 Å². The molecule has 1 aliphatic rings. The number of carbonyl (C=O) groups is 1. The van der Waals surface area contributed by atoms with E-state index in [2.05, 4.69) is 27.1 Å². The first kappa shape index (κ1) is 14.7. The van der Waals surface area contributed by atoms with Crippen LogP contribution in [-0.4, -0.2) is 46.5 Å². The van der Waals surface area contributed by atoms with Gasteiger partial charge in [-0.3, -0.25) is 9.69 Å². The van der Waals surface area contributed by atoms with E-state index in [0.717, 1.165) is 49.7 Å². The number of rotatable bonds is 5. The highest BCUT2D eigenvalue weighted by Crippen LogP contribution is 2.16. The van der Waals surface area contributed by atoms with E-state index in [1.54, 1.807) is 0 Å². The predicted octanol–water partition coefficient (Wildman–Crippen LogP) is 0.709. The second kappa shape index (κ2) is 6.65. The van der Waals surface area contributed by atoms with Gasteiger partial charge in [0.15, 0.2) is 0 Å². The number of piperidine rings is 1. The number of carbonyl (C=O) groups excluding carboxylic acids is 1. The lowest BCUT2D eigenvalue weighted by Crippen LogP contribution is -2.43. The molecule has 0 saturated carbocycles. The van der Waals surface area contributed by atoms with Crippen molar-refractivity contribution in [3.05, 3.63) is 17.6 Å². The first-order valence-corrected chi connectivity index (χ1v) is 7.18. The number of nitrogens with two attached hydrogens (primary N) is 1. The standard InChI is InChI=1S/C14H23N5O/c1-3-11-8-14(17-10(2)16-11)18-12-4-6-19(7-5-12)9-13(15)20/h8,12H,3-7,9H2,1-2H3,(H2,15,20)(H,16,17,18). The van der Waals surface area contributed by atoms with Crippen LogP contribution in [0.2, 0.25) is 0 Å². The van der Waals surface area contributed by atoms with Crippen molar-refractivity contribution < 1.29 is 4.79 Å². The molecule has 2 rings (SSSR count). The topological polar surface area (TPSA) is 84.1 Å². The average molecular weight is 277 g/mol. The van der Waals surface area contributed by atoms with Gasteiger partial charge in [-0.05, 0) is 26.2 Å². The normalized spacial score (nSPS) is 17.1. The van der Waals surface area contributed by atoms with Gasteiger partial charge in [-0.25, -0.2) is 9.97 Å². The summed E-state index contributed by atoms with van der Waals surface area (Å²) < 4.78 is 0. The van der Waals surface area contributed by atoms with Crippen LogP contribution in [-0.2, 0) is 11.2 Å². The molecule has 0 atom stereocenters. The monoisotopic (exact) mass is 277 g/mol. The molecule has 0 aliphatic carbocycles. The van der Waals surface area contributed by atoms with Gasteiger partial charge in [0.05, 0.1) is 6.54 Å². The van der Waals surface area contributed by atoms with Gasteiger partial charge >= 0.3 is 0 Å². The van der Waals surface area contributed by atoms with Crippen LogP contribution in [0.1, 0.15) is 31.3 Å². The number of aryl methyl sites for hydroxylation is 2. The number of aromatic nitrogens is 2. The Bertz CT molecular complexity index is 469. The van der Waals surface area contributed by atoms with E-state index in [1.165, 1.54) is 0 Å². The van der Waals surface area contributed by atoms with E-state index >= 15 is 0 Å². The van der Waals surface area contributed by atoms with E-state index in [0.29, 0.717) is 12.6 Å². The summed E-state index contributed by atoms with van der Waals surface area (Å²) in [5.41, 5.74) is 6.28. The zero-order valence-electron chi connectivity index (χ0n) is 12.2. The van der Waals surface area contributed by atoms with Crippen molar-refractivity contribution in [3.8, 4) is 0 Å². The number of nitrogens with one attached hydrogen (secondary N) is 1. The number of amides is 1. The Balaban J connectivity index is 1.89. The number of hydrogen-bond acceptors (Lipinski definition) is 5. The van der Waals surface area contributed by atoms with Gasteiger partial charge in [-0.2, -0.15) is 0 Å². The second-order valence-electron chi connectivity index (χ2n) is 5.31. The van der Waals surface area contributed by atoms with Gasteiger partial charge in [0.25, 0.3) is 0 Å². The minimum absolute atomic E-state index is 0.254. The molecule has 0 radical (unpaired) electrons. The van der Waals surface area contributed by atoms with Crippen molar-refractivity contribution >= 4 is 11.7 Å². The molecule has 0 unspecified atom stereocenters.